The van der Waals surface area contributed by atoms with E-state index in [0.717, 1.165) is 12.5 Å². The molecule has 1 aliphatic heterocycles. The summed E-state index contributed by atoms with van der Waals surface area (Å²) in [5.41, 5.74) is 8.85. The van der Waals surface area contributed by atoms with Crippen LogP contribution in [0.25, 0.3) is 0 Å². The number of para-hydroxylation sites is 1. The molecular formula is C17H22N2. The van der Waals surface area contributed by atoms with E-state index in [1.165, 1.54) is 18.5 Å². The summed E-state index contributed by atoms with van der Waals surface area (Å²) < 4.78 is 0. The molecule has 1 aromatic rings. The van der Waals surface area contributed by atoms with E-state index in [1.807, 2.05) is 0 Å². The van der Waals surface area contributed by atoms with Crippen LogP contribution in [0.3, 0.4) is 0 Å². The molecular weight excluding hydrogens is 232 g/mol. The lowest BCUT2D eigenvalue weighted by Gasteiger charge is -2.41. The molecule has 0 unspecified atom stereocenters. The van der Waals surface area contributed by atoms with Gasteiger partial charge in [0.05, 0.1) is 5.69 Å². The van der Waals surface area contributed by atoms with Crippen molar-refractivity contribution in [3.05, 3.63) is 41.6 Å². The first-order chi connectivity index (χ1) is 9.06. The lowest BCUT2D eigenvalue weighted by Crippen LogP contribution is -2.42. The van der Waals surface area contributed by atoms with Gasteiger partial charge in [0.25, 0.3) is 0 Å². The second-order valence-electron chi connectivity index (χ2n) is 7.02. The smallest absolute Gasteiger partial charge is 0.0574 e. The van der Waals surface area contributed by atoms with Gasteiger partial charge in [0, 0.05) is 17.7 Å². The van der Waals surface area contributed by atoms with Crippen molar-refractivity contribution >= 4 is 5.69 Å². The van der Waals surface area contributed by atoms with Crippen LogP contribution in [0.1, 0.15) is 33.6 Å². The first kappa shape index (κ1) is 11.5. The molecule has 2 atom stereocenters. The molecule has 1 heterocycles. The third kappa shape index (κ3) is 1.21. The van der Waals surface area contributed by atoms with Crippen LogP contribution in [-0.4, -0.2) is 6.54 Å². The number of allylic oxidation sites excluding steroid dienone is 1. The van der Waals surface area contributed by atoms with Gasteiger partial charge in [-0.1, -0.05) is 39.0 Å². The number of fused-ring (bicyclic) bond motifs is 4. The molecule has 2 aliphatic carbocycles. The highest BCUT2D eigenvalue weighted by molar-refractivity contribution is 5.59. The number of hydrogen-bond donors (Lipinski definition) is 1. The Labute approximate surface area is 115 Å². The highest BCUT2D eigenvalue weighted by atomic mass is 15.5. The van der Waals surface area contributed by atoms with Gasteiger partial charge in [-0.25, -0.2) is 5.43 Å². The van der Waals surface area contributed by atoms with E-state index >= 15 is 0 Å². The predicted molar refractivity (Wildman–Crippen MR) is 78.6 cm³/mol. The number of nitrogens with one attached hydrogen (secondary N) is 1. The quantitative estimate of drug-likeness (QED) is 0.821. The van der Waals surface area contributed by atoms with Crippen molar-refractivity contribution in [1.82, 2.24) is 5.43 Å². The van der Waals surface area contributed by atoms with E-state index in [9.17, 15) is 0 Å². The number of nitrogens with zero attached hydrogens (tertiary/aromatic N) is 1. The van der Waals surface area contributed by atoms with Gasteiger partial charge in [0.2, 0.25) is 0 Å². The number of anilines is 1. The molecule has 2 bridgehead atoms. The van der Waals surface area contributed by atoms with Crippen LogP contribution >= 0.6 is 0 Å². The van der Waals surface area contributed by atoms with E-state index in [4.69, 9.17) is 0 Å². The molecule has 1 saturated carbocycles. The summed E-state index contributed by atoms with van der Waals surface area (Å²) in [6, 6.07) is 10.7. The second-order valence-corrected chi connectivity index (χ2v) is 7.02. The van der Waals surface area contributed by atoms with Crippen LogP contribution in [0, 0.1) is 16.7 Å². The van der Waals surface area contributed by atoms with Crippen LogP contribution in [0.5, 0.6) is 0 Å². The van der Waals surface area contributed by atoms with Crippen LogP contribution in [0.4, 0.5) is 5.69 Å². The maximum Gasteiger partial charge on any atom is 0.0574 e. The number of benzene rings is 1. The maximum absolute atomic E-state index is 3.60. The zero-order valence-corrected chi connectivity index (χ0v) is 12.0. The Morgan fingerprint density at radius 2 is 1.89 bits per heavy atom. The highest BCUT2D eigenvalue weighted by Crippen LogP contribution is 2.69. The first-order valence-corrected chi connectivity index (χ1v) is 7.38. The van der Waals surface area contributed by atoms with Crippen LogP contribution in [0.15, 0.2) is 41.6 Å². The largest absolute Gasteiger partial charge is 0.280 e. The molecule has 4 rings (SSSR count). The van der Waals surface area contributed by atoms with E-state index in [0.29, 0.717) is 10.8 Å². The Kier molecular flexibility index (Phi) is 2.08. The minimum absolute atomic E-state index is 0.326. The van der Waals surface area contributed by atoms with E-state index in [2.05, 4.69) is 61.5 Å². The normalized spacial score (nSPS) is 35.1. The Morgan fingerprint density at radius 1 is 1.16 bits per heavy atom. The van der Waals surface area contributed by atoms with E-state index in [1.54, 1.807) is 11.3 Å². The lowest BCUT2D eigenvalue weighted by molar-refractivity contribution is 0.162. The van der Waals surface area contributed by atoms with Gasteiger partial charge < -0.3 is 0 Å². The maximum atomic E-state index is 3.60. The van der Waals surface area contributed by atoms with Crippen molar-refractivity contribution in [2.75, 3.05) is 11.6 Å². The fourth-order valence-electron chi connectivity index (χ4n) is 4.69. The van der Waals surface area contributed by atoms with Crippen molar-refractivity contribution < 1.29 is 0 Å². The van der Waals surface area contributed by atoms with Crippen LogP contribution < -0.4 is 10.4 Å². The summed E-state index contributed by atoms with van der Waals surface area (Å²) in [4.78, 5) is 0. The third-order valence-corrected chi connectivity index (χ3v) is 6.14. The molecule has 1 N–H and O–H groups in total. The molecule has 100 valence electrons. The van der Waals surface area contributed by atoms with Gasteiger partial charge in [-0.05, 0) is 41.9 Å². The molecule has 1 fully saturated rings. The van der Waals surface area contributed by atoms with Gasteiger partial charge >= 0.3 is 0 Å². The molecule has 19 heavy (non-hydrogen) atoms. The van der Waals surface area contributed by atoms with Gasteiger partial charge in [-0.3, -0.25) is 5.01 Å². The molecule has 2 heteroatoms. The van der Waals surface area contributed by atoms with Gasteiger partial charge in [0.15, 0.2) is 0 Å². The molecule has 3 aliphatic rings. The zero-order valence-electron chi connectivity index (χ0n) is 12.0. The molecule has 0 radical (unpaired) electrons. The van der Waals surface area contributed by atoms with Crippen molar-refractivity contribution in [3.8, 4) is 0 Å². The zero-order chi connectivity index (χ0) is 13.3. The van der Waals surface area contributed by atoms with Crippen LogP contribution in [0.2, 0.25) is 0 Å². The summed E-state index contributed by atoms with van der Waals surface area (Å²) in [6.45, 7) is 8.44. The van der Waals surface area contributed by atoms with Gasteiger partial charge in [-0.2, -0.15) is 0 Å². The molecule has 0 aromatic heterocycles. The SMILES string of the molecule is CC1(C)[C@@H]2CC[C@@]1(C)C1=C2CNN1c1ccccc1. The monoisotopic (exact) mass is 254 g/mol. The minimum Gasteiger partial charge on any atom is -0.280 e. The number of rotatable bonds is 1. The highest BCUT2D eigenvalue weighted by Gasteiger charge is 2.63. The summed E-state index contributed by atoms with van der Waals surface area (Å²) in [7, 11) is 0. The Balaban J connectivity index is 1.83. The summed E-state index contributed by atoms with van der Waals surface area (Å²) in [5, 5.41) is 2.36. The fourth-order valence-corrected chi connectivity index (χ4v) is 4.69. The van der Waals surface area contributed by atoms with Crippen molar-refractivity contribution in [2.24, 2.45) is 16.7 Å². The Morgan fingerprint density at radius 3 is 2.63 bits per heavy atom. The van der Waals surface area contributed by atoms with Crippen molar-refractivity contribution in [3.63, 3.8) is 0 Å². The first-order valence-electron chi connectivity index (χ1n) is 7.38. The minimum atomic E-state index is 0.326. The average Bonchev–Trinajstić information content (AvgIpc) is 2.98. The Hall–Kier alpha value is -1.28. The summed E-state index contributed by atoms with van der Waals surface area (Å²) in [5.74, 6) is 0.772. The van der Waals surface area contributed by atoms with Gasteiger partial charge in [-0.15, -0.1) is 0 Å². The molecule has 0 saturated heterocycles. The standard InChI is InChI=1S/C17H22N2/c1-16(2)14-9-10-17(16,3)15-13(14)11-18-19(15)12-7-5-4-6-8-12/h4-8,14,18H,9-11H2,1-3H3/t14-,17+/m1/s1. The van der Waals surface area contributed by atoms with E-state index in [-0.39, 0.29) is 0 Å². The lowest BCUT2D eigenvalue weighted by atomic mass is 9.69. The number of hydrazine groups is 1. The Bertz CT molecular complexity index is 558. The molecule has 2 nitrogen and oxygen atoms in total. The topological polar surface area (TPSA) is 15.3 Å². The van der Waals surface area contributed by atoms with Crippen LogP contribution in [-0.2, 0) is 0 Å². The molecule has 0 spiro atoms. The summed E-state index contributed by atoms with van der Waals surface area (Å²) in [6.07, 6.45) is 2.70. The van der Waals surface area contributed by atoms with Gasteiger partial charge in [0.1, 0.15) is 0 Å². The third-order valence-electron chi connectivity index (χ3n) is 6.14. The predicted octanol–water partition coefficient (Wildman–Crippen LogP) is 3.72. The fraction of sp³-hybridized carbons (Fsp3) is 0.529. The molecule has 0 amide bonds. The molecule has 1 aromatic carbocycles. The van der Waals surface area contributed by atoms with Crippen molar-refractivity contribution in [1.29, 1.82) is 0 Å². The summed E-state index contributed by atoms with van der Waals surface area (Å²) >= 11 is 0. The average molecular weight is 254 g/mol. The number of hydrogen-bond acceptors (Lipinski definition) is 2. The van der Waals surface area contributed by atoms with Crippen molar-refractivity contribution in [2.45, 2.75) is 33.6 Å². The second kappa shape index (κ2) is 3.43. The van der Waals surface area contributed by atoms with E-state index < -0.39 is 0 Å².